The summed E-state index contributed by atoms with van der Waals surface area (Å²) in [5.41, 5.74) is 10.0. The molecule has 188 valence electrons. The van der Waals surface area contributed by atoms with Gasteiger partial charge in [-0.2, -0.15) is 4.98 Å². The molecular weight excluding hydrogens is 452 g/mol. The van der Waals surface area contributed by atoms with Gasteiger partial charge in [0.25, 0.3) is 0 Å². The van der Waals surface area contributed by atoms with Crippen molar-refractivity contribution in [2.75, 3.05) is 50.4 Å². The Bertz CT molecular complexity index is 1080. The lowest BCUT2D eigenvalue weighted by atomic mass is 9.92. The third-order valence-corrected chi connectivity index (χ3v) is 7.40. The smallest absolute Gasteiger partial charge is 0.317 e. The van der Waals surface area contributed by atoms with E-state index in [1.807, 2.05) is 12.1 Å². The van der Waals surface area contributed by atoms with Gasteiger partial charge in [-0.1, -0.05) is 12.1 Å². The van der Waals surface area contributed by atoms with Crippen LogP contribution in [0.2, 0.25) is 0 Å². The van der Waals surface area contributed by atoms with Crippen LogP contribution >= 0.6 is 0 Å². The Hall–Kier alpha value is -3.01. The lowest BCUT2D eigenvalue weighted by Crippen LogP contribution is -2.48. The summed E-state index contributed by atoms with van der Waals surface area (Å²) in [7, 11) is 2.11. The van der Waals surface area contributed by atoms with Gasteiger partial charge in [-0.25, -0.2) is 18.6 Å². The molecule has 1 saturated carbocycles. The average molecular weight is 486 g/mol. The molecule has 3 aliphatic rings. The van der Waals surface area contributed by atoms with E-state index in [2.05, 4.69) is 44.3 Å². The molecule has 1 saturated heterocycles. The van der Waals surface area contributed by atoms with Gasteiger partial charge in [0.05, 0.1) is 5.69 Å². The minimum atomic E-state index is -2.60. The van der Waals surface area contributed by atoms with Crippen LogP contribution in [0.5, 0.6) is 0 Å². The highest BCUT2D eigenvalue weighted by atomic mass is 19.3. The number of rotatable bonds is 3. The highest BCUT2D eigenvalue weighted by Gasteiger charge is 2.36. The van der Waals surface area contributed by atoms with Crippen molar-refractivity contribution >= 4 is 17.8 Å². The maximum atomic E-state index is 13.4. The van der Waals surface area contributed by atoms with Gasteiger partial charge in [0.15, 0.2) is 0 Å². The summed E-state index contributed by atoms with van der Waals surface area (Å²) in [5, 5.41) is 2.97. The number of anilines is 2. The van der Waals surface area contributed by atoms with Gasteiger partial charge in [0, 0.05) is 69.8 Å². The topological polar surface area (TPSA) is 90.6 Å². The van der Waals surface area contributed by atoms with Crippen LogP contribution in [0.15, 0.2) is 24.3 Å². The zero-order valence-electron chi connectivity index (χ0n) is 20.1. The summed E-state index contributed by atoms with van der Waals surface area (Å²) in [6.45, 7) is 4.80. The number of nitrogens with two attached hydrogens (primary N) is 1. The zero-order valence-corrected chi connectivity index (χ0v) is 20.1. The first-order valence-corrected chi connectivity index (χ1v) is 12.4. The van der Waals surface area contributed by atoms with Gasteiger partial charge in [-0.3, -0.25) is 0 Å². The fourth-order valence-corrected chi connectivity index (χ4v) is 5.14. The molecule has 2 aromatic rings. The van der Waals surface area contributed by atoms with Crippen LogP contribution in [0, 0.1) is 0 Å². The van der Waals surface area contributed by atoms with Crippen LogP contribution in [0.25, 0.3) is 11.3 Å². The number of halogens is 2. The first-order valence-electron chi connectivity index (χ1n) is 12.4. The van der Waals surface area contributed by atoms with Crippen molar-refractivity contribution in [2.45, 2.75) is 50.6 Å². The number of hydrogen-bond donors (Lipinski definition) is 2. The van der Waals surface area contributed by atoms with Crippen LogP contribution in [0.1, 0.15) is 36.8 Å². The quantitative estimate of drug-likeness (QED) is 0.694. The molecule has 2 fully saturated rings. The highest BCUT2D eigenvalue weighted by Crippen LogP contribution is 2.33. The van der Waals surface area contributed by atoms with Crippen molar-refractivity contribution in [3.63, 3.8) is 0 Å². The summed E-state index contributed by atoms with van der Waals surface area (Å²) < 4.78 is 26.9. The van der Waals surface area contributed by atoms with E-state index in [1.165, 1.54) is 5.56 Å². The van der Waals surface area contributed by atoms with Crippen LogP contribution in [-0.4, -0.2) is 77.5 Å². The van der Waals surface area contributed by atoms with Crippen molar-refractivity contribution in [3.8, 4) is 11.3 Å². The van der Waals surface area contributed by atoms with Crippen molar-refractivity contribution in [1.82, 2.24) is 25.1 Å². The normalized spacial score (nSPS) is 21.0. The Morgan fingerprint density at radius 1 is 1.06 bits per heavy atom. The first kappa shape index (κ1) is 23.7. The number of alkyl halides is 2. The lowest BCUT2D eigenvalue weighted by molar-refractivity contribution is -0.0398. The van der Waals surface area contributed by atoms with E-state index in [0.29, 0.717) is 25.9 Å². The molecule has 0 spiro atoms. The molecule has 5 rings (SSSR count). The summed E-state index contributed by atoms with van der Waals surface area (Å²) >= 11 is 0. The van der Waals surface area contributed by atoms with Crippen molar-refractivity contribution < 1.29 is 13.6 Å². The Kier molecular flexibility index (Phi) is 6.48. The summed E-state index contributed by atoms with van der Waals surface area (Å²) in [6.07, 6.45) is 1.06. The molecule has 2 aliphatic heterocycles. The average Bonchev–Trinajstić information content (AvgIpc) is 2.84. The second-order valence-corrected chi connectivity index (χ2v) is 9.99. The van der Waals surface area contributed by atoms with Crippen LogP contribution in [0.4, 0.5) is 25.3 Å². The molecule has 0 unspecified atom stereocenters. The van der Waals surface area contributed by atoms with Crippen LogP contribution in [-0.2, 0) is 13.0 Å². The van der Waals surface area contributed by atoms with Gasteiger partial charge in [-0.15, -0.1) is 0 Å². The molecule has 2 amide bonds. The maximum absolute atomic E-state index is 13.4. The van der Waals surface area contributed by atoms with Gasteiger partial charge >= 0.3 is 6.03 Å². The fourth-order valence-electron chi connectivity index (χ4n) is 5.14. The van der Waals surface area contributed by atoms with Gasteiger partial charge < -0.3 is 25.8 Å². The molecule has 8 nitrogen and oxygen atoms in total. The number of urea groups is 1. The number of hydrogen-bond acceptors (Lipinski definition) is 6. The van der Waals surface area contributed by atoms with Crippen molar-refractivity contribution in [2.24, 2.45) is 0 Å². The van der Waals surface area contributed by atoms with E-state index >= 15 is 0 Å². The predicted octanol–water partition coefficient (Wildman–Crippen LogP) is 3.12. The van der Waals surface area contributed by atoms with E-state index in [0.717, 1.165) is 55.2 Å². The molecule has 0 atom stereocenters. The molecule has 3 N–H and O–H groups in total. The number of fused-ring (bicyclic) bond motifs is 1. The number of nitrogens with zero attached hydrogens (tertiary/aromatic N) is 5. The van der Waals surface area contributed by atoms with Crippen molar-refractivity contribution in [1.29, 1.82) is 0 Å². The summed E-state index contributed by atoms with van der Waals surface area (Å²) in [6, 6.07) is 7.83. The second-order valence-electron chi connectivity index (χ2n) is 9.99. The Morgan fingerprint density at radius 2 is 1.80 bits per heavy atom. The standard InChI is InChI=1S/C25H33F2N7O/c1-32-10-12-33(13-11-32)22-15-21(30-23(28)31-22)18-3-2-17-6-9-34(16-19(17)14-18)24(35)29-20-4-7-25(26,27)8-5-20/h2-3,14-15,20H,4-13,16H2,1H3,(H,29,35)(H2,28,30,31). The zero-order chi connectivity index (χ0) is 24.6. The highest BCUT2D eigenvalue weighted by molar-refractivity contribution is 5.75. The fraction of sp³-hybridized carbons (Fsp3) is 0.560. The number of piperazine rings is 1. The minimum absolute atomic E-state index is 0.164. The number of likely N-dealkylation sites (N-methyl/N-ethyl adjacent to an activating group) is 1. The van der Waals surface area contributed by atoms with E-state index in [-0.39, 0.29) is 30.9 Å². The van der Waals surface area contributed by atoms with Gasteiger partial charge in [0.1, 0.15) is 5.82 Å². The predicted molar refractivity (Wildman–Crippen MR) is 131 cm³/mol. The van der Waals surface area contributed by atoms with Gasteiger partial charge in [0.2, 0.25) is 11.9 Å². The molecule has 1 aromatic carbocycles. The minimum Gasteiger partial charge on any atom is -0.368 e. The number of aromatic nitrogens is 2. The van der Waals surface area contributed by atoms with Crippen LogP contribution in [0.3, 0.4) is 0 Å². The molecule has 0 bridgehead atoms. The first-order chi connectivity index (χ1) is 16.8. The molecule has 1 aliphatic carbocycles. The van der Waals surface area contributed by atoms with Gasteiger partial charge in [-0.05, 0) is 43.5 Å². The molecule has 10 heteroatoms. The molecule has 35 heavy (non-hydrogen) atoms. The summed E-state index contributed by atoms with van der Waals surface area (Å²) in [5.74, 6) is -1.53. The van der Waals surface area contributed by atoms with E-state index < -0.39 is 5.92 Å². The number of carbonyl (C=O) groups is 1. The molecule has 1 aromatic heterocycles. The summed E-state index contributed by atoms with van der Waals surface area (Å²) in [4.78, 5) is 28.1. The molecule has 0 radical (unpaired) electrons. The maximum Gasteiger partial charge on any atom is 0.317 e. The number of carbonyl (C=O) groups excluding carboxylic acids is 1. The third-order valence-electron chi connectivity index (χ3n) is 7.40. The van der Waals surface area contributed by atoms with E-state index in [4.69, 9.17) is 5.73 Å². The number of benzene rings is 1. The molecule has 3 heterocycles. The van der Waals surface area contributed by atoms with Crippen molar-refractivity contribution in [3.05, 3.63) is 35.4 Å². The van der Waals surface area contributed by atoms with Crippen LogP contribution < -0.4 is 16.0 Å². The lowest BCUT2D eigenvalue weighted by Gasteiger charge is -2.33. The van der Waals surface area contributed by atoms with E-state index in [9.17, 15) is 13.6 Å². The Labute approximate surface area is 204 Å². The van der Waals surface area contributed by atoms with E-state index in [1.54, 1.807) is 4.90 Å². The number of amides is 2. The number of nitrogens with one attached hydrogen (secondary N) is 1. The second kappa shape index (κ2) is 9.56. The SMILES string of the molecule is CN1CCN(c2cc(-c3ccc4c(c3)CN(C(=O)NC3CCC(F)(F)CC3)CC4)nc(N)n2)CC1. The number of nitrogen functional groups attached to an aromatic ring is 1. The Balaban J connectivity index is 1.29. The third kappa shape index (κ3) is 5.47. The largest absolute Gasteiger partial charge is 0.368 e. The monoisotopic (exact) mass is 485 g/mol. The Morgan fingerprint density at radius 3 is 2.54 bits per heavy atom. The molecular formula is C25H33F2N7O.